The van der Waals surface area contributed by atoms with Gasteiger partial charge in [0.15, 0.2) is 0 Å². The topological polar surface area (TPSA) is 33.3 Å². The number of nitrogens with one attached hydrogen (secondary N) is 2. The van der Waals surface area contributed by atoms with E-state index in [4.69, 9.17) is 16.3 Å². The second-order valence-corrected chi connectivity index (χ2v) is 5.53. The fraction of sp³-hybridized carbons (Fsp3) is 0.333. The molecule has 2 aromatic carbocycles. The lowest BCUT2D eigenvalue weighted by molar-refractivity contribution is 0.309. The van der Waals surface area contributed by atoms with Gasteiger partial charge >= 0.3 is 0 Å². The number of halogens is 1. The molecule has 4 heteroatoms. The summed E-state index contributed by atoms with van der Waals surface area (Å²) in [6.45, 7) is 4.61. The lowest BCUT2D eigenvalue weighted by Crippen LogP contribution is -2.13. The minimum atomic E-state index is 0.753. The standard InChI is InChI=1S/C18H23ClN2O/c1-2-3-13-22-18-6-4-5-17(14-18)21-12-11-20-16-9-7-15(19)8-10-16/h4-10,14,20-21H,2-3,11-13H2,1H3. The summed E-state index contributed by atoms with van der Waals surface area (Å²) in [5.41, 5.74) is 2.15. The summed E-state index contributed by atoms with van der Waals surface area (Å²) < 4.78 is 5.71. The van der Waals surface area contributed by atoms with Crippen molar-refractivity contribution in [2.45, 2.75) is 19.8 Å². The predicted molar refractivity (Wildman–Crippen MR) is 95.3 cm³/mol. The first-order valence-electron chi connectivity index (χ1n) is 7.74. The van der Waals surface area contributed by atoms with Crippen molar-refractivity contribution in [2.24, 2.45) is 0 Å². The lowest BCUT2D eigenvalue weighted by atomic mass is 10.3. The maximum absolute atomic E-state index is 5.86. The SMILES string of the molecule is CCCCOc1cccc(NCCNc2ccc(Cl)cc2)c1. The monoisotopic (exact) mass is 318 g/mol. The summed E-state index contributed by atoms with van der Waals surface area (Å²) in [5.74, 6) is 0.920. The van der Waals surface area contributed by atoms with Gasteiger partial charge < -0.3 is 15.4 Å². The van der Waals surface area contributed by atoms with Gasteiger partial charge in [-0.1, -0.05) is 31.0 Å². The van der Waals surface area contributed by atoms with Crippen molar-refractivity contribution < 1.29 is 4.74 Å². The number of hydrogen-bond donors (Lipinski definition) is 2. The van der Waals surface area contributed by atoms with E-state index >= 15 is 0 Å². The number of anilines is 2. The molecule has 0 saturated heterocycles. The molecule has 0 saturated carbocycles. The van der Waals surface area contributed by atoms with Crippen LogP contribution in [0.5, 0.6) is 5.75 Å². The molecule has 0 spiro atoms. The number of rotatable bonds is 9. The molecule has 0 aliphatic carbocycles. The molecule has 2 aromatic rings. The fourth-order valence-corrected chi connectivity index (χ4v) is 2.14. The van der Waals surface area contributed by atoms with Crippen LogP contribution in [-0.2, 0) is 0 Å². The van der Waals surface area contributed by atoms with Crippen molar-refractivity contribution in [2.75, 3.05) is 30.3 Å². The highest BCUT2D eigenvalue weighted by Gasteiger charge is 1.97. The normalized spacial score (nSPS) is 10.3. The molecule has 118 valence electrons. The predicted octanol–water partition coefficient (Wildman–Crippen LogP) is 5.04. The maximum atomic E-state index is 5.86. The van der Waals surface area contributed by atoms with Gasteiger partial charge in [-0.2, -0.15) is 0 Å². The van der Waals surface area contributed by atoms with Crippen LogP contribution in [0.4, 0.5) is 11.4 Å². The van der Waals surface area contributed by atoms with E-state index in [1.807, 2.05) is 42.5 Å². The molecule has 0 heterocycles. The van der Waals surface area contributed by atoms with Gasteiger partial charge in [0, 0.05) is 35.6 Å². The first-order chi connectivity index (χ1) is 10.8. The van der Waals surface area contributed by atoms with Gasteiger partial charge in [-0.15, -0.1) is 0 Å². The van der Waals surface area contributed by atoms with Crippen LogP contribution in [0.3, 0.4) is 0 Å². The second-order valence-electron chi connectivity index (χ2n) is 5.09. The van der Waals surface area contributed by atoms with Crippen molar-refractivity contribution in [3.63, 3.8) is 0 Å². The first kappa shape index (κ1) is 16.5. The Hall–Kier alpha value is -1.87. The molecule has 0 bridgehead atoms. The third kappa shape index (κ3) is 5.86. The van der Waals surface area contributed by atoms with Crippen molar-refractivity contribution in [1.82, 2.24) is 0 Å². The molecule has 22 heavy (non-hydrogen) atoms. The van der Waals surface area contributed by atoms with E-state index in [-0.39, 0.29) is 0 Å². The van der Waals surface area contributed by atoms with Gasteiger partial charge in [-0.05, 0) is 42.8 Å². The molecule has 0 radical (unpaired) electrons. The van der Waals surface area contributed by atoms with E-state index in [1.165, 1.54) is 0 Å². The van der Waals surface area contributed by atoms with E-state index in [0.29, 0.717) is 0 Å². The van der Waals surface area contributed by atoms with Crippen LogP contribution in [0, 0.1) is 0 Å². The third-order valence-electron chi connectivity index (χ3n) is 3.23. The number of ether oxygens (including phenoxy) is 1. The molecule has 0 aliphatic rings. The number of hydrogen-bond acceptors (Lipinski definition) is 3. The van der Waals surface area contributed by atoms with Crippen LogP contribution >= 0.6 is 11.6 Å². The highest BCUT2D eigenvalue weighted by atomic mass is 35.5. The quantitative estimate of drug-likeness (QED) is 0.635. The van der Waals surface area contributed by atoms with E-state index < -0.39 is 0 Å². The molecule has 3 nitrogen and oxygen atoms in total. The van der Waals surface area contributed by atoms with Gasteiger partial charge in [0.05, 0.1) is 6.61 Å². The minimum absolute atomic E-state index is 0.753. The average molecular weight is 319 g/mol. The van der Waals surface area contributed by atoms with E-state index in [9.17, 15) is 0 Å². The van der Waals surface area contributed by atoms with Gasteiger partial charge in [-0.25, -0.2) is 0 Å². The minimum Gasteiger partial charge on any atom is -0.494 e. The Morgan fingerprint density at radius 3 is 2.41 bits per heavy atom. The van der Waals surface area contributed by atoms with Gasteiger partial charge in [0.1, 0.15) is 5.75 Å². The Labute approximate surface area is 137 Å². The van der Waals surface area contributed by atoms with E-state index in [1.54, 1.807) is 0 Å². The fourth-order valence-electron chi connectivity index (χ4n) is 2.01. The first-order valence-corrected chi connectivity index (χ1v) is 8.12. The Morgan fingerprint density at radius 1 is 0.955 bits per heavy atom. The number of benzene rings is 2. The van der Waals surface area contributed by atoms with Crippen LogP contribution in [0.1, 0.15) is 19.8 Å². The van der Waals surface area contributed by atoms with Crippen LogP contribution in [-0.4, -0.2) is 19.7 Å². The van der Waals surface area contributed by atoms with Crippen molar-refractivity contribution in [3.8, 4) is 5.75 Å². The summed E-state index contributed by atoms with van der Waals surface area (Å²) in [6, 6.07) is 15.8. The summed E-state index contributed by atoms with van der Waals surface area (Å²) in [4.78, 5) is 0. The van der Waals surface area contributed by atoms with Crippen LogP contribution in [0.25, 0.3) is 0 Å². The molecular weight excluding hydrogens is 296 g/mol. The Morgan fingerprint density at radius 2 is 1.68 bits per heavy atom. The molecule has 0 aromatic heterocycles. The molecule has 0 aliphatic heterocycles. The molecule has 2 N–H and O–H groups in total. The molecule has 0 atom stereocenters. The Balaban J connectivity index is 1.72. The average Bonchev–Trinajstić information content (AvgIpc) is 2.54. The maximum Gasteiger partial charge on any atom is 0.121 e. The zero-order valence-corrected chi connectivity index (χ0v) is 13.7. The summed E-state index contributed by atoms with van der Waals surface area (Å²) in [5, 5.41) is 7.49. The summed E-state index contributed by atoms with van der Waals surface area (Å²) >= 11 is 5.86. The summed E-state index contributed by atoms with van der Waals surface area (Å²) in [7, 11) is 0. The molecule has 0 unspecified atom stereocenters. The highest BCUT2D eigenvalue weighted by molar-refractivity contribution is 6.30. The van der Waals surface area contributed by atoms with Crippen molar-refractivity contribution in [1.29, 1.82) is 0 Å². The molecule has 2 rings (SSSR count). The van der Waals surface area contributed by atoms with Gasteiger partial charge in [0.25, 0.3) is 0 Å². The Kier molecular flexibility index (Phi) is 6.91. The zero-order valence-electron chi connectivity index (χ0n) is 12.9. The van der Waals surface area contributed by atoms with E-state index in [2.05, 4.69) is 23.6 Å². The van der Waals surface area contributed by atoms with Crippen molar-refractivity contribution in [3.05, 3.63) is 53.6 Å². The highest BCUT2D eigenvalue weighted by Crippen LogP contribution is 2.17. The molecular formula is C18H23ClN2O. The largest absolute Gasteiger partial charge is 0.494 e. The molecule has 0 amide bonds. The number of unbranched alkanes of at least 4 members (excludes halogenated alkanes) is 1. The Bertz CT molecular complexity index is 557. The van der Waals surface area contributed by atoms with Gasteiger partial charge in [0.2, 0.25) is 0 Å². The van der Waals surface area contributed by atoms with Gasteiger partial charge in [-0.3, -0.25) is 0 Å². The van der Waals surface area contributed by atoms with Crippen LogP contribution in [0.2, 0.25) is 5.02 Å². The van der Waals surface area contributed by atoms with Crippen LogP contribution < -0.4 is 15.4 Å². The zero-order chi connectivity index (χ0) is 15.6. The van der Waals surface area contributed by atoms with E-state index in [0.717, 1.165) is 54.7 Å². The molecule has 0 fully saturated rings. The second kappa shape index (κ2) is 9.21. The summed E-state index contributed by atoms with van der Waals surface area (Å²) in [6.07, 6.45) is 2.23. The lowest BCUT2D eigenvalue weighted by Gasteiger charge is -2.11. The third-order valence-corrected chi connectivity index (χ3v) is 3.48. The van der Waals surface area contributed by atoms with Crippen LogP contribution in [0.15, 0.2) is 48.5 Å². The van der Waals surface area contributed by atoms with Crippen molar-refractivity contribution >= 4 is 23.0 Å². The smallest absolute Gasteiger partial charge is 0.121 e.